The number of fused-ring (bicyclic) bond motifs is 2. The molecular weight excluding hydrogens is 409 g/mol. The molecule has 0 bridgehead atoms. The van der Waals surface area contributed by atoms with Crippen LogP contribution in [0.25, 0.3) is 0 Å². The van der Waals surface area contributed by atoms with E-state index in [1.165, 1.54) is 7.11 Å². The molecule has 162 valence electrons. The largest absolute Gasteiger partial charge is 0.491 e. The molecular formula is C21H26FN3O4S. The average molecular weight is 436 g/mol. The third-order valence-corrected chi connectivity index (χ3v) is 6.16. The maximum atomic E-state index is 15.1. The Kier molecular flexibility index (Phi) is 6.33. The Labute approximate surface area is 179 Å². The van der Waals surface area contributed by atoms with E-state index in [0.717, 1.165) is 27.7 Å². The number of rotatable bonds is 7. The molecule has 4 rings (SSSR count). The summed E-state index contributed by atoms with van der Waals surface area (Å²) in [5.74, 6) is 1.83. The minimum absolute atomic E-state index is 0.241. The molecule has 7 nitrogen and oxygen atoms in total. The van der Waals surface area contributed by atoms with Crippen LogP contribution in [0.5, 0.6) is 5.75 Å². The van der Waals surface area contributed by atoms with Gasteiger partial charge in [0.1, 0.15) is 29.6 Å². The predicted molar refractivity (Wildman–Crippen MR) is 114 cm³/mol. The van der Waals surface area contributed by atoms with Crippen LogP contribution in [0.1, 0.15) is 13.3 Å². The van der Waals surface area contributed by atoms with Crippen molar-refractivity contribution in [2.45, 2.75) is 42.8 Å². The summed E-state index contributed by atoms with van der Waals surface area (Å²) in [7, 11) is 3.02. The highest BCUT2D eigenvalue weighted by atomic mass is 32.2. The van der Waals surface area contributed by atoms with Gasteiger partial charge in [-0.3, -0.25) is 0 Å². The second-order valence-corrected chi connectivity index (χ2v) is 8.23. The van der Waals surface area contributed by atoms with E-state index in [9.17, 15) is 0 Å². The minimum Gasteiger partial charge on any atom is -0.491 e. The van der Waals surface area contributed by atoms with Crippen molar-refractivity contribution in [1.29, 1.82) is 0 Å². The molecule has 3 heterocycles. The zero-order valence-electron chi connectivity index (χ0n) is 17.3. The summed E-state index contributed by atoms with van der Waals surface area (Å²) < 4.78 is 37.4. The van der Waals surface area contributed by atoms with Gasteiger partial charge >= 0.3 is 0 Å². The van der Waals surface area contributed by atoms with Crippen molar-refractivity contribution in [2.24, 2.45) is 4.99 Å². The fraction of sp³-hybridized carbons (Fsp3) is 0.476. The lowest BCUT2D eigenvalue weighted by molar-refractivity contribution is -0.0715. The van der Waals surface area contributed by atoms with Crippen molar-refractivity contribution in [1.82, 2.24) is 4.90 Å². The Morgan fingerprint density at radius 2 is 2.20 bits per heavy atom. The van der Waals surface area contributed by atoms with Crippen LogP contribution in [0.15, 0.2) is 51.6 Å². The first-order valence-corrected chi connectivity index (χ1v) is 10.7. The molecule has 30 heavy (non-hydrogen) atoms. The zero-order chi connectivity index (χ0) is 21.3. The Hall–Kier alpha value is -2.07. The van der Waals surface area contributed by atoms with E-state index in [-0.39, 0.29) is 6.61 Å². The summed E-state index contributed by atoms with van der Waals surface area (Å²) in [6.07, 6.45) is -0.739. The van der Waals surface area contributed by atoms with E-state index in [4.69, 9.17) is 18.9 Å². The lowest BCUT2D eigenvalue weighted by Crippen LogP contribution is -2.41. The number of nitrogens with zero attached hydrogens (tertiary/aromatic N) is 2. The van der Waals surface area contributed by atoms with Gasteiger partial charge in [0.2, 0.25) is 0 Å². The van der Waals surface area contributed by atoms with E-state index < -0.39 is 24.6 Å². The number of aliphatic imine (C=N–C) groups is 1. The van der Waals surface area contributed by atoms with E-state index in [2.05, 4.69) is 23.8 Å². The lowest BCUT2D eigenvalue weighted by Gasteiger charge is -2.34. The maximum Gasteiger partial charge on any atom is 0.174 e. The van der Waals surface area contributed by atoms with Crippen LogP contribution in [0.4, 0.5) is 10.1 Å². The molecule has 0 radical (unpaired) electrons. The molecule has 4 atom stereocenters. The zero-order valence-corrected chi connectivity index (χ0v) is 18.1. The molecule has 9 heteroatoms. The van der Waals surface area contributed by atoms with Crippen molar-refractivity contribution < 1.29 is 23.3 Å². The van der Waals surface area contributed by atoms with Crippen molar-refractivity contribution in [3.63, 3.8) is 0 Å². The molecule has 1 saturated heterocycles. The van der Waals surface area contributed by atoms with E-state index in [0.29, 0.717) is 18.3 Å². The van der Waals surface area contributed by atoms with Gasteiger partial charge in [-0.05, 0) is 18.6 Å². The summed E-state index contributed by atoms with van der Waals surface area (Å²) >= 11 is 1.54. The normalized spacial score (nSPS) is 27.7. The first-order chi connectivity index (χ1) is 14.6. The van der Waals surface area contributed by atoms with E-state index >= 15 is 4.39 Å². The molecule has 0 spiro atoms. The number of ether oxygens (including phenoxy) is 4. The monoisotopic (exact) mass is 435 g/mol. The maximum absolute atomic E-state index is 15.1. The molecule has 1 unspecified atom stereocenters. The topological polar surface area (TPSA) is 64.6 Å². The molecule has 3 aliphatic heterocycles. The predicted octanol–water partition coefficient (Wildman–Crippen LogP) is 3.74. The number of methoxy groups -OCH3 is 2. The first kappa shape index (κ1) is 21.2. The van der Waals surface area contributed by atoms with Crippen molar-refractivity contribution in [2.75, 3.05) is 32.8 Å². The summed E-state index contributed by atoms with van der Waals surface area (Å²) in [6, 6.07) is 5.90. The quantitative estimate of drug-likeness (QED) is 0.700. The highest BCUT2D eigenvalue weighted by Crippen LogP contribution is 2.45. The highest BCUT2D eigenvalue weighted by molar-refractivity contribution is 8.04. The van der Waals surface area contributed by atoms with E-state index in [1.54, 1.807) is 23.8 Å². The third-order valence-electron chi connectivity index (χ3n) is 5.09. The average Bonchev–Trinajstić information content (AvgIpc) is 3.05. The van der Waals surface area contributed by atoms with Crippen LogP contribution >= 0.6 is 11.8 Å². The molecule has 1 aromatic carbocycles. The standard InChI is InChI=1S/C21H26FN3O4S/c1-5-9-28-13-7-6-8-15-18(13)24-20-16(30-15)10-25(12(2)23-20)21-17(22)19(27-4)14(29-21)11-26-3/h6-8,10,14,17,19,21H,2,5,9,11H2,1,3-4H3,(H,23,24)/t14-,17+,19?,21-/m1/s1. The molecule has 0 saturated carbocycles. The summed E-state index contributed by atoms with van der Waals surface area (Å²) in [6.45, 7) is 6.96. The fourth-order valence-corrected chi connectivity index (χ4v) is 4.67. The Bertz CT molecular complexity index is 878. The van der Waals surface area contributed by atoms with Crippen LogP contribution in [-0.4, -0.2) is 62.8 Å². The van der Waals surface area contributed by atoms with Crippen LogP contribution in [0, 0.1) is 0 Å². The highest BCUT2D eigenvalue weighted by Gasteiger charge is 2.49. The number of hydrogen-bond acceptors (Lipinski definition) is 8. The van der Waals surface area contributed by atoms with E-state index in [1.807, 2.05) is 24.4 Å². The fourth-order valence-electron chi connectivity index (χ4n) is 3.67. The molecule has 1 aromatic rings. The van der Waals surface area contributed by atoms with Crippen LogP contribution in [-0.2, 0) is 14.2 Å². The molecule has 1 fully saturated rings. The number of halogens is 1. The molecule has 1 N–H and O–H groups in total. The van der Waals surface area contributed by atoms with Gasteiger partial charge in [0.05, 0.1) is 23.8 Å². The van der Waals surface area contributed by atoms with Gasteiger partial charge in [0.25, 0.3) is 0 Å². The van der Waals surface area contributed by atoms with Crippen LogP contribution in [0.2, 0.25) is 0 Å². The Morgan fingerprint density at radius 3 is 2.93 bits per heavy atom. The number of amidine groups is 1. The number of benzene rings is 1. The SMILES string of the molecule is C=C1N=C2Nc3c(OCCC)cccc3SC2=CN1[C@@H]1O[C@H](COC)C(OC)[C@@H]1F. The lowest BCUT2D eigenvalue weighted by atomic mass is 10.1. The van der Waals surface area contributed by atoms with Crippen molar-refractivity contribution in [3.8, 4) is 5.75 Å². The number of thioether (sulfide) groups is 1. The molecule has 0 amide bonds. The smallest absolute Gasteiger partial charge is 0.174 e. The van der Waals surface area contributed by atoms with Gasteiger partial charge < -0.3 is 29.2 Å². The van der Waals surface area contributed by atoms with Gasteiger partial charge in [0, 0.05) is 25.3 Å². The molecule has 0 aromatic heterocycles. The van der Waals surface area contributed by atoms with Crippen LogP contribution < -0.4 is 10.1 Å². The van der Waals surface area contributed by atoms with Crippen LogP contribution in [0.3, 0.4) is 0 Å². The van der Waals surface area contributed by atoms with Crippen molar-refractivity contribution >= 4 is 23.3 Å². The van der Waals surface area contributed by atoms with Gasteiger partial charge in [-0.2, -0.15) is 0 Å². The second-order valence-electron chi connectivity index (χ2n) is 7.15. The summed E-state index contributed by atoms with van der Waals surface area (Å²) in [4.78, 5) is 8.07. The minimum atomic E-state index is -1.37. The summed E-state index contributed by atoms with van der Waals surface area (Å²) in [5.41, 5.74) is 0.883. The summed E-state index contributed by atoms with van der Waals surface area (Å²) in [5, 5.41) is 3.35. The number of anilines is 1. The number of alkyl halides is 1. The number of para-hydroxylation sites is 1. The molecule has 3 aliphatic rings. The number of nitrogens with one attached hydrogen (secondary N) is 1. The van der Waals surface area contributed by atoms with Gasteiger partial charge in [-0.25, -0.2) is 9.38 Å². The second kappa shape index (κ2) is 8.97. The van der Waals surface area contributed by atoms with Gasteiger partial charge in [-0.1, -0.05) is 31.3 Å². The molecule has 0 aliphatic carbocycles. The first-order valence-electron chi connectivity index (χ1n) is 9.87. The van der Waals surface area contributed by atoms with Crippen molar-refractivity contribution in [3.05, 3.63) is 41.7 Å². The van der Waals surface area contributed by atoms with Gasteiger partial charge in [-0.15, -0.1) is 0 Å². The van der Waals surface area contributed by atoms with Gasteiger partial charge in [0.15, 0.2) is 12.4 Å². The number of hydrogen-bond donors (Lipinski definition) is 1. The third kappa shape index (κ3) is 3.82. The Balaban J connectivity index is 1.59. The Morgan fingerprint density at radius 1 is 1.37 bits per heavy atom.